The molecule has 0 aliphatic carbocycles. The van der Waals surface area contributed by atoms with Crippen LogP contribution in [-0.2, 0) is 9.63 Å². The third-order valence-corrected chi connectivity index (χ3v) is 1.08. The van der Waals surface area contributed by atoms with Gasteiger partial charge in [-0.2, -0.15) is 0 Å². The summed E-state index contributed by atoms with van der Waals surface area (Å²) in [5.74, 6) is -0.444. The highest BCUT2D eigenvalue weighted by molar-refractivity contribution is 5.87. The van der Waals surface area contributed by atoms with Gasteiger partial charge < -0.3 is 9.94 Å². The molecule has 0 fully saturated rings. The van der Waals surface area contributed by atoms with E-state index in [2.05, 4.69) is 0 Å². The number of rotatable bonds is 3. The Balaban J connectivity index is 4.10. The molecular weight excluding hydrogens is 158 g/mol. The largest absolute Gasteiger partial charge is 0.389 e. The van der Waals surface area contributed by atoms with E-state index in [9.17, 15) is 4.79 Å². The van der Waals surface area contributed by atoms with Gasteiger partial charge in [-0.25, -0.2) is 4.79 Å². The molecular formula is C8H15NO3. The normalized spacial score (nSPS) is 14.7. The maximum absolute atomic E-state index is 11.0. The summed E-state index contributed by atoms with van der Waals surface area (Å²) in [6.45, 7) is 3.17. The molecule has 0 spiro atoms. The molecule has 0 aliphatic heterocycles. The molecule has 0 aromatic rings. The Bertz CT molecular complexity index is 185. The highest BCUT2D eigenvalue weighted by Gasteiger charge is 2.07. The maximum Gasteiger partial charge on any atom is 0.352 e. The van der Waals surface area contributed by atoms with Gasteiger partial charge in [0.15, 0.2) is 0 Å². The van der Waals surface area contributed by atoms with E-state index in [-0.39, 0.29) is 0 Å². The lowest BCUT2D eigenvalue weighted by Crippen LogP contribution is -2.19. The molecule has 0 aromatic heterocycles. The summed E-state index contributed by atoms with van der Waals surface area (Å²) >= 11 is 0. The highest BCUT2D eigenvalue weighted by atomic mass is 16.7. The fourth-order valence-corrected chi connectivity index (χ4v) is 0.668. The predicted octanol–water partition coefficient (Wildman–Crippen LogP) is 0.333. The second kappa shape index (κ2) is 4.90. The standard InChI is InChI=1S/C8H15NO3/c1-6(5-7(2)10)8(11)12-9(3)4/h5,7,10H,1-4H3. The van der Waals surface area contributed by atoms with E-state index >= 15 is 0 Å². The highest BCUT2D eigenvalue weighted by Crippen LogP contribution is 1.99. The van der Waals surface area contributed by atoms with Crippen molar-refractivity contribution < 1.29 is 14.7 Å². The Hall–Kier alpha value is -0.870. The number of aliphatic hydroxyl groups excluding tert-OH is 1. The van der Waals surface area contributed by atoms with Crippen LogP contribution >= 0.6 is 0 Å². The lowest BCUT2D eigenvalue weighted by molar-refractivity contribution is -0.172. The Morgan fingerprint density at radius 2 is 2.08 bits per heavy atom. The summed E-state index contributed by atoms with van der Waals surface area (Å²) in [5, 5.41) is 10.2. The van der Waals surface area contributed by atoms with Gasteiger partial charge in [0.05, 0.1) is 6.10 Å². The zero-order chi connectivity index (χ0) is 9.72. The van der Waals surface area contributed by atoms with Gasteiger partial charge in [-0.05, 0) is 19.9 Å². The van der Waals surface area contributed by atoms with E-state index in [0.29, 0.717) is 5.57 Å². The van der Waals surface area contributed by atoms with Crippen LogP contribution in [0.2, 0.25) is 0 Å². The molecule has 12 heavy (non-hydrogen) atoms. The molecule has 0 saturated heterocycles. The molecule has 1 N–H and O–H groups in total. The van der Waals surface area contributed by atoms with Gasteiger partial charge in [-0.1, -0.05) is 0 Å². The fourth-order valence-electron chi connectivity index (χ4n) is 0.668. The summed E-state index contributed by atoms with van der Waals surface area (Å²) in [4.78, 5) is 15.8. The molecule has 4 heteroatoms. The average Bonchev–Trinajstić information content (AvgIpc) is 1.84. The number of hydrogen-bond acceptors (Lipinski definition) is 4. The SMILES string of the molecule is CC(=CC(C)O)C(=O)ON(C)C. The van der Waals surface area contributed by atoms with Crippen molar-refractivity contribution in [2.75, 3.05) is 14.1 Å². The van der Waals surface area contributed by atoms with Gasteiger partial charge in [0.1, 0.15) is 0 Å². The van der Waals surface area contributed by atoms with Crippen LogP contribution in [0.5, 0.6) is 0 Å². The first-order valence-electron chi connectivity index (χ1n) is 3.69. The van der Waals surface area contributed by atoms with Gasteiger partial charge in [-0.15, -0.1) is 5.06 Å². The van der Waals surface area contributed by atoms with Crippen molar-refractivity contribution in [1.82, 2.24) is 5.06 Å². The zero-order valence-electron chi connectivity index (χ0n) is 7.87. The lowest BCUT2D eigenvalue weighted by Gasteiger charge is -2.10. The van der Waals surface area contributed by atoms with E-state index in [0.717, 1.165) is 0 Å². The predicted molar refractivity (Wildman–Crippen MR) is 45.2 cm³/mol. The van der Waals surface area contributed by atoms with Crippen molar-refractivity contribution in [2.24, 2.45) is 0 Å². The first-order valence-corrected chi connectivity index (χ1v) is 3.69. The Kier molecular flexibility index (Phi) is 4.54. The molecule has 0 aromatic carbocycles. The van der Waals surface area contributed by atoms with Crippen molar-refractivity contribution in [3.8, 4) is 0 Å². The number of nitrogens with zero attached hydrogens (tertiary/aromatic N) is 1. The molecule has 0 saturated carbocycles. The second-order valence-electron chi connectivity index (χ2n) is 2.78. The summed E-state index contributed by atoms with van der Waals surface area (Å²) in [6.07, 6.45) is 0.811. The van der Waals surface area contributed by atoms with E-state index in [4.69, 9.17) is 9.94 Å². The van der Waals surface area contributed by atoms with Crippen molar-refractivity contribution >= 4 is 5.97 Å². The molecule has 0 heterocycles. The van der Waals surface area contributed by atoms with Gasteiger partial charge in [0.25, 0.3) is 0 Å². The van der Waals surface area contributed by atoms with E-state index in [1.54, 1.807) is 27.9 Å². The van der Waals surface area contributed by atoms with Crippen LogP contribution in [0.1, 0.15) is 13.8 Å². The second-order valence-corrected chi connectivity index (χ2v) is 2.78. The molecule has 4 nitrogen and oxygen atoms in total. The van der Waals surface area contributed by atoms with Crippen LogP contribution in [-0.4, -0.2) is 36.3 Å². The average molecular weight is 173 g/mol. The number of carbonyl (C=O) groups is 1. The summed E-state index contributed by atoms with van der Waals surface area (Å²) in [7, 11) is 3.24. The minimum atomic E-state index is -0.625. The number of carbonyl (C=O) groups excluding carboxylic acids is 1. The van der Waals surface area contributed by atoms with Crippen LogP contribution in [0.3, 0.4) is 0 Å². The molecule has 1 unspecified atom stereocenters. The van der Waals surface area contributed by atoms with Gasteiger partial charge in [-0.3, -0.25) is 0 Å². The first kappa shape index (κ1) is 11.1. The maximum atomic E-state index is 11.0. The van der Waals surface area contributed by atoms with Crippen LogP contribution < -0.4 is 0 Å². The van der Waals surface area contributed by atoms with Crippen molar-refractivity contribution in [3.05, 3.63) is 11.6 Å². The van der Waals surface area contributed by atoms with E-state index < -0.39 is 12.1 Å². The molecule has 0 amide bonds. The van der Waals surface area contributed by atoms with Crippen molar-refractivity contribution in [3.63, 3.8) is 0 Å². The fraction of sp³-hybridized carbons (Fsp3) is 0.625. The van der Waals surface area contributed by atoms with Gasteiger partial charge in [0.2, 0.25) is 0 Å². The molecule has 0 rings (SSSR count). The van der Waals surface area contributed by atoms with Gasteiger partial charge >= 0.3 is 5.97 Å². The Morgan fingerprint density at radius 3 is 2.42 bits per heavy atom. The summed E-state index contributed by atoms with van der Waals surface area (Å²) < 4.78 is 0. The minimum absolute atomic E-state index is 0.402. The number of hydroxylamine groups is 2. The van der Waals surface area contributed by atoms with Crippen LogP contribution in [0.15, 0.2) is 11.6 Å². The van der Waals surface area contributed by atoms with Crippen molar-refractivity contribution in [1.29, 1.82) is 0 Å². The Morgan fingerprint density at radius 1 is 1.58 bits per heavy atom. The van der Waals surface area contributed by atoms with Crippen LogP contribution in [0, 0.1) is 0 Å². The van der Waals surface area contributed by atoms with E-state index in [1.165, 1.54) is 11.1 Å². The molecule has 0 radical (unpaired) electrons. The monoisotopic (exact) mass is 173 g/mol. The van der Waals surface area contributed by atoms with Crippen LogP contribution in [0.4, 0.5) is 0 Å². The smallest absolute Gasteiger partial charge is 0.352 e. The minimum Gasteiger partial charge on any atom is -0.389 e. The van der Waals surface area contributed by atoms with E-state index in [1.807, 2.05) is 0 Å². The first-order chi connectivity index (χ1) is 5.43. The molecule has 70 valence electrons. The molecule has 0 aliphatic rings. The molecule has 0 bridgehead atoms. The quantitative estimate of drug-likeness (QED) is 0.493. The summed E-state index contributed by atoms with van der Waals surface area (Å²) in [6, 6.07) is 0. The zero-order valence-corrected chi connectivity index (χ0v) is 7.87. The van der Waals surface area contributed by atoms with Crippen LogP contribution in [0.25, 0.3) is 0 Å². The lowest BCUT2D eigenvalue weighted by atomic mass is 10.2. The van der Waals surface area contributed by atoms with Gasteiger partial charge in [0, 0.05) is 19.7 Å². The van der Waals surface area contributed by atoms with Crippen molar-refractivity contribution in [2.45, 2.75) is 20.0 Å². The number of hydrogen-bond donors (Lipinski definition) is 1. The topological polar surface area (TPSA) is 49.8 Å². The third kappa shape index (κ3) is 4.87. The summed E-state index contributed by atoms with van der Waals surface area (Å²) in [5.41, 5.74) is 0.402. The number of aliphatic hydroxyl groups is 1. The Labute approximate surface area is 72.4 Å². The third-order valence-electron chi connectivity index (χ3n) is 1.08. The molecule has 1 atom stereocenters.